The first-order chi connectivity index (χ1) is 14.0. The Labute approximate surface area is 174 Å². The minimum atomic E-state index is -0.0757. The van der Waals surface area contributed by atoms with E-state index in [-0.39, 0.29) is 11.8 Å². The van der Waals surface area contributed by atoms with Crippen LogP contribution in [-0.2, 0) is 4.79 Å². The van der Waals surface area contributed by atoms with Crippen LogP contribution in [0.1, 0.15) is 24.2 Å². The number of aryl methyl sites for hydroxylation is 2. The lowest BCUT2D eigenvalue weighted by Crippen LogP contribution is -2.40. The predicted octanol–water partition coefficient (Wildman–Crippen LogP) is 3.81. The largest absolute Gasteiger partial charge is 0.497 e. The number of nitrogens with zero attached hydrogens (tertiary/aromatic N) is 4. The van der Waals surface area contributed by atoms with E-state index in [4.69, 9.17) is 4.74 Å². The molecule has 0 bridgehead atoms. The van der Waals surface area contributed by atoms with Crippen molar-refractivity contribution in [2.75, 3.05) is 30.4 Å². The van der Waals surface area contributed by atoms with Crippen LogP contribution in [0.4, 0.5) is 10.8 Å². The number of aromatic nitrogens is 3. The molecule has 1 aliphatic rings. The van der Waals surface area contributed by atoms with Crippen molar-refractivity contribution in [3.05, 3.63) is 47.8 Å². The molecule has 1 saturated heterocycles. The third kappa shape index (κ3) is 4.12. The minimum absolute atomic E-state index is 0.0432. The van der Waals surface area contributed by atoms with Crippen molar-refractivity contribution in [2.24, 2.45) is 5.92 Å². The maximum Gasteiger partial charge on any atom is 0.229 e. The van der Waals surface area contributed by atoms with Crippen LogP contribution in [0, 0.1) is 19.8 Å². The third-order valence-electron chi connectivity index (χ3n) is 5.29. The Bertz CT molecular complexity index is 975. The maximum atomic E-state index is 12.8. The number of nitrogens with one attached hydrogen (secondary N) is 1. The van der Waals surface area contributed by atoms with E-state index in [0.717, 1.165) is 52.5 Å². The van der Waals surface area contributed by atoms with E-state index in [1.807, 2.05) is 24.3 Å². The summed E-state index contributed by atoms with van der Waals surface area (Å²) in [5.74, 6) is 0.738. The van der Waals surface area contributed by atoms with Gasteiger partial charge in [0.1, 0.15) is 5.75 Å². The van der Waals surface area contributed by atoms with Gasteiger partial charge in [0.15, 0.2) is 0 Å². The van der Waals surface area contributed by atoms with Gasteiger partial charge in [-0.05, 0) is 63.1 Å². The summed E-state index contributed by atoms with van der Waals surface area (Å²) in [6.45, 7) is 5.67. The van der Waals surface area contributed by atoms with Crippen LogP contribution >= 0.6 is 11.3 Å². The average molecular weight is 412 g/mol. The number of hydrogen-bond donors (Lipinski definition) is 1. The molecule has 1 aliphatic heterocycles. The molecule has 0 radical (unpaired) electrons. The Morgan fingerprint density at radius 3 is 2.48 bits per heavy atom. The summed E-state index contributed by atoms with van der Waals surface area (Å²) < 4.78 is 7.27. The van der Waals surface area contributed by atoms with Gasteiger partial charge in [-0.3, -0.25) is 9.36 Å². The summed E-state index contributed by atoms with van der Waals surface area (Å²) in [6, 6.07) is 11.6. The van der Waals surface area contributed by atoms with Crippen LogP contribution in [0.15, 0.2) is 36.4 Å². The first-order valence-corrected chi connectivity index (χ1v) is 10.6. The maximum absolute atomic E-state index is 12.8. The number of hydrogen-bond acceptors (Lipinski definition) is 6. The Morgan fingerprint density at radius 2 is 1.79 bits per heavy atom. The number of carbonyl (C=O) groups is 1. The molecule has 0 spiro atoms. The molecule has 1 amide bonds. The SMILES string of the molecule is COc1ccc(NC(=O)[C@H]2CCCN(c3nnc(-n4c(C)ccc4C)s3)C2)cc1. The highest BCUT2D eigenvalue weighted by atomic mass is 32.1. The lowest BCUT2D eigenvalue weighted by atomic mass is 9.97. The van der Waals surface area contributed by atoms with Crippen LogP contribution in [0.25, 0.3) is 5.13 Å². The second-order valence-electron chi connectivity index (χ2n) is 7.32. The molecule has 7 nitrogen and oxygen atoms in total. The quantitative estimate of drug-likeness (QED) is 0.691. The molecule has 4 rings (SSSR count). The first-order valence-electron chi connectivity index (χ1n) is 9.74. The number of rotatable bonds is 5. The number of methoxy groups -OCH3 is 1. The normalized spacial score (nSPS) is 16.7. The van der Waals surface area contributed by atoms with Crippen LogP contribution in [-0.4, -0.2) is 40.9 Å². The van der Waals surface area contributed by atoms with Gasteiger partial charge in [-0.15, -0.1) is 10.2 Å². The van der Waals surface area contributed by atoms with Crippen LogP contribution < -0.4 is 15.0 Å². The highest BCUT2D eigenvalue weighted by Gasteiger charge is 2.28. The van der Waals surface area contributed by atoms with E-state index < -0.39 is 0 Å². The number of benzene rings is 1. The van der Waals surface area contributed by atoms with E-state index in [9.17, 15) is 4.79 Å². The Kier molecular flexibility index (Phi) is 5.53. The fraction of sp³-hybridized carbons (Fsp3) is 0.381. The molecule has 1 aromatic carbocycles. The van der Waals surface area contributed by atoms with Gasteiger partial charge in [-0.25, -0.2) is 0 Å². The monoisotopic (exact) mass is 411 g/mol. The van der Waals surface area contributed by atoms with Crippen molar-refractivity contribution in [1.29, 1.82) is 0 Å². The van der Waals surface area contributed by atoms with Gasteiger partial charge in [-0.1, -0.05) is 11.3 Å². The van der Waals surface area contributed by atoms with Gasteiger partial charge >= 0.3 is 0 Å². The zero-order valence-electron chi connectivity index (χ0n) is 16.9. The minimum Gasteiger partial charge on any atom is -0.497 e. The Balaban J connectivity index is 1.43. The lowest BCUT2D eigenvalue weighted by Gasteiger charge is -2.31. The summed E-state index contributed by atoms with van der Waals surface area (Å²) in [6.07, 6.45) is 1.83. The smallest absolute Gasteiger partial charge is 0.229 e. The standard InChI is InChI=1S/C21H25N5O2S/c1-14-6-7-15(2)26(14)21-24-23-20(29-21)25-12-4-5-16(13-25)19(27)22-17-8-10-18(28-3)11-9-17/h6-11,16H,4-5,12-13H2,1-3H3,(H,22,27)/t16-/m0/s1. The fourth-order valence-electron chi connectivity index (χ4n) is 3.68. The van der Waals surface area contributed by atoms with Crippen molar-refractivity contribution >= 4 is 28.1 Å². The second kappa shape index (κ2) is 8.24. The van der Waals surface area contributed by atoms with Crippen LogP contribution in [0.5, 0.6) is 5.75 Å². The zero-order valence-corrected chi connectivity index (χ0v) is 17.7. The number of amides is 1. The average Bonchev–Trinajstić information content (AvgIpc) is 3.35. The second-order valence-corrected chi connectivity index (χ2v) is 8.26. The number of anilines is 2. The Morgan fingerprint density at radius 1 is 1.10 bits per heavy atom. The van der Waals surface area contributed by atoms with Gasteiger partial charge in [0, 0.05) is 30.2 Å². The molecule has 2 aromatic heterocycles. The van der Waals surface area contributed by atoms with Crippen molar-refractivity contribution < 1.29 is 9.53 Å². The molecule has 152 valence electrons. The van der Waals surface area contributed by atoms with E-state index >= 15 is 0 Å². The molecule has 0 unspecified atom stereocenters. The number of piperidine rings is 1. The molecule has 3 heterocycles. The van der Waals surface area contributed by atoms with Crippen molar-refractivity contribution in [3.63, 3.8) is 0 Å². The van der Waals surface area contributed by atoms with Gasteiger partial charge in [-0.2, -0.15) is 0 Å². The molecule has 0 saturated carbocycles. The highest BCUT2D eigenvalue weighted by Crippen LogP contribution is 2.29. The van der Waals surface area contributed by atoms with E-state index in [2.05, 4.69) is 51.0 Å². The topological polar surface area (TPSA) is 72.3 Å². The van der Waals surface area contributed by atoms with Crippen molar-refractivity contribution in [1.82, 2.24) is 14.8 Å². The molecule has 8 heteroatoms. The van der Waals surface area contributed by atoms with Gasteiger partial charge in [0.25, 0.3) is 0 Å². The van der Waals surface area contributed by atoms with Crippen LogP contribution in [0.2, 0.25) is 0 Å². The van der Waals surface area contributed by atoms with Gasteiger partial charge < -0.3 is 15.0 Å². The van der Waals surface area contributed by atoms with Crippen LogP contribution in [0.3, 0.4) is 0 Å². The first kappa shape index (κ1) is 19.4. The van der Waals surface area contributed by atoms with E-state index in [1.54, 1.807) is 18.4 Å². The van der Waals surface area contributed by atoms with Crippen molar-refractivity contribution in [2.45, 2.75) is 26.7 Å². The third-order valence-corrected chi connectivity index (χ3v) is 6.26. The number of carbonyl (C=O) groups excluding carboxylic acids is 1. The molecule has 1 N–H and O–H groups in total. The molecular formula is C21H25N5O2S. The summed E-state index contributed by atoms with van der Waals surface area (Å²) in [4.78, 5) is 15.0. The zero-order chi connectivity index (χ0) is 20.4. The summed E-state index contributed by atoms with van der Waals surface area (Å²) in [7, 11) is 1.63. The van der Waals surface area contributed by atoms with E-state index in [1.165, 1.54) is 0 Å². The highest BCUT2D eigenvalue weighted by molar-refractivity contribution is 7.17. The fourth-order valence-corrected chi connectivity index (χ4v) is 4.68. The molecule has 29 heavy (non-hydrogen) atoms. The molecule has 1 fully saturated rings. The summed E-state index contributed by atoms with van der Waals surface area (Å²) in [5, 5.41) is 13.5. The molecule has 3 aromatic rings. The van der Waals surface area contributed by atoms with Gasteiger partial charge in [0.2, 0.25) is 16.2 Å². The molecule has 0 aliphatic carbocycles. The predicted molar refractivity (Wildman–Crippen MR) is 115 cm³/mol. The van der Waals surface area contributed by atoms with Crippen molar-refractivity contribution in [3.8, 4) is 10.9 Å². The molecule has 1 atom stereocenters. The van der Waals surface area contributed by atoms with Gasteiger partial charge in [0.05, 0.1) is 13.0 Å². The van der Waals surface area contributed by atoms with E-state index in [0.29, 0.717) is 6.54 Å². The Hall–Kier alpha value is -2.87. The molecular weight excluding hydrogens is 386 g/mol. The number of ether oxygens (including phenoxy) is 1. The lowest BCUT2D eigenvalue weighted by molar-refractivity contribution is -0.120. The summed E-state index contributed by atoms with van der Waals surface area (Å²) in [5.41, 5.74) is 3.06. The summed E-state index contributed by atoms with van der Waals surface area (Å²) >= 11 is 1.57.